The van der Waals surface area contributed by atoms with Crippen LogP contribution in [-0.4, -0.2) is 21.9 Å². The third-order valence-electron chi connectivity index (χ3n) is 4.72. The Morgan fingerprint density at radius 1 is 1.06 bits per heavy atom. The Bertz CT molecular complexity index is 990. The molecule has 1 amide bonds. The number of ether oxygens (including phenoxy) is 1. The topological polar surface area (TPSA) is 77.2 Å². The fourth-order valence-corrected chi connectivity index (χ4v) is 3.41. The van der Waals surface area contributed by atoms with Crippen molar-refractivity contribution in [2.75, 3.05) is 11.1 Å². The maximum Gasteiger partial charge on any atom is 0.277 e. The van der Waals surface area contributed by atoms with Gasteiger partial charge < -0.3 is 14.5 Å². The second-order valence-electron chi connectivity index (χ2n) is 8.64. The number of rotatable bonds is 8. The van der Waals surface area contributed by atoms with Crippen LogP contribution in [0.3, 0.4) is 0 Å². The largest absolute Gasteiger partial charge is 0.484 e. The normalized spacial score (nSPS) is 11.5. The second kappa shape index (κ2) is 10.0. The van der Waals surface area contributed by atoms with Crippen molar-refractivity contribution < 1.29 is 13.9 Å². The lowest BCUT2D eigenvalue weighted by Gasteiger charge is -2.19. The van der Waals surface area contributed by atoms with E-state index in [1.807, 2.05) is 36.4 Å². The molecule has 0 fully saturated rings. The summed E-state index contributed by atoms with van der Waals surface area (Å²) in [5.74, 6) is 1.62. The van der Waals surface area contributed by atoms with Crippen molar-refractivity contribution in [1.29, 1.82) is 0 Å². The van der Waals surface area contributed by atoms with E-state index in [0.29, 0.717) is 17.0 Å². The van der Waals surface area contributed by atoms with Gasteiger partial charge in [-0.2, -0.15) is 0 Å². The van der Waals surface area contributed by atoms with E-state index in [0.717, 1.165) is 11.4 Å². The molecule has 7 heteroatoms. The van der Waals surface area contributed by atoms with Crippen LogP contribution in [0.4, 0.5) is 5.69 Å². The minimum atomic E-state index is -0.128. The first-order chi connectivity index (χ1) is 14.7. The molecule has 0 aliphatic rings. The molecule has 6 nitrogen and oxygen atoms in total. The summed E-state index contributed by atoms with van der Waals surface area (Å²) in [6.07, 6.45) is 0. The van der Waals surface area contributed by atoms with E-state index in [9.17, 15) is 4.79 Å². The first-order valence-corrected chi connectivity index (χ1v) is 11.3. The number of carbonyl (C=O) groups excluding carboxylic acids is 1. The number of nitrogens with zero attached hydrogens (tertiary/aromatic N) is 2. The van der Waals surface area contributed by atoms with Gasteiger partial charge in [-0.1, -0.05) is 70.6 Å². The number of amides is 1. The van der Waals surface area contributed by atoms with Gasteiger partial charge in [0, 0.05) is 5.69 Å². The number of hydrogen-bond acceptors (Lipinski definition) is 6. The van der Waals surface area contributed by atoms with Gasteiger partial charge in [0.05, 0.1) is 5.75 Å². The van der Waals surface area contributed by atoms with Crippen molar-refractivity contribution in [3.8, 4) is 5.75 Å². The predicted molar refractivity (Wildman–Crippen MR) is 124 cm³/mol. The molecule has 0 spiro atoms. The van der Waals surface area contributed by atoms with Gasteiger partial charge in [0.1, 0.15) is 5.75 Å². The maximum absolute atomic E-state index is 12.2. The van der Waals surface area contributed by atoms with Gasteiger partial charge in [-0.3, -0.25) is 4.79 Å². The lowest BCUT2D eigenvalue weighted by atomic mass is 9.87. The summed E-state index contributed by atoms with van der Waals surface area (Å²) in [6.45, 7) is 11.0. The minimum Gasteiger partial charge on any atom is -0.484 e. The zero-order chi connectivity index (χ0) is 22.4. The summed E-state index contributed by atoms with van der Waals surface area (Å²) in [6, 6.07) is 15.8. The molecule has 0 atom stereocenters. The number of benzene rings is 2. The molecule has 1 heterocycles. The van der Waals surface area contributed by atoms with Crippen LogP contribution < -0.4 is 10.1 Å². The number of carbonyl (C=O) groups is 1. The fraction of sp³-hybridized carbons (Fsp3) is 0.375. The molecule has 0 saturated heterocycles. The highest BCUT2D eigenvalue weighted by atomic mass is 32.2. The first kappa shape index (κ1) is 22.9. The molecule has 1 aromatic heterocycles. The van der Waals surface area contributed by atoms with E-state index < -0.39 is 0 Å². The van der Waals surface area contributed by atoms with E-state index in [1.165, 1.54) is 22.9 Å². The van der Waals surface area contributed by atoms with Crippen LogP contribution in [0.5, 0.6) is 5.75 Å². The lowest BCUT2D eigenvalue weighted by Crippen LogP contribution is -2.14. The molecule has 0 saturated carbocycles. The Hall–Kier alpha value is -2.80. The molecule has 31 heavy (non-hydrogen) atoms. The van der Waals surface area contributed by atoms with Crippen molar-refractivity contribution in [1.82, 2.24) is 10.2 Å². The molecule has 2 aromatic carbocycles. The predicted octanol–water partition coefficient (Wildman–Crippen LogP) is 5.80. The van der Waals surface area contributed by atoms with Crippen molar-refractivity contribution in [3.05, 3.63) is 65.5 Å². The third kappa shape index (κ3) is 6.85. The van der Waals surface area contributed by atoms with Gasteiger partial charge in [-0.15, -0.1) is 10.2 Å². The van der Waals surface area contributed by atoms with Gasteiger partial charge >= 0.3 is 0 Å². The van der Waals surface area contributed by atoms with Gasteiger partial charge in [0.15, 0.2) is 6.61 Å². The molecule has 1 N–H and O–H groups in total. The number of anilines is 1. The zero-order valence-corrected chi connectivity index (χ0v) is 19.5. The van der Waals surface area contributed by atoms with Crippen molar-refractivity contribution in [3.63, 3.8) is 0 Å². The lowest BCUT2D eigenvalue weighted by molar-refractivity contribution is -0.113. The number of thioether (sulfide) groups is 1. The Balaban J connectivity index is 1.44. The van der Waals surface area contributed by atoms with Crippen LogP contribution >= 0.6 is 11.8 Å². The van der Waals surface area contributed by atoms with Crippen LogP contribution in [0.25, 0.3) is 0 Å². The maximum atomic E-state index is 12.2. The summed E-state index contributed by atoms with van der Waals surface area (Å²) >= 11 is 1.20. The summed E-state index contributed by atoms with van der Waals surface area (Å²) in [7, 11) is 0. The van der Waals surface area contributed by atoms with Crippen LogP contribution in [0, 0.1) is 0 Å². The molecular weight excluding hydrogens is 410 g/mol. The van der Waals surface area contributed by atoms with Crippen LogP contribution in [0.1, 0.15) is 57.6 Å². The quantitative estimate of drug-likeness (QED) is 0.447. The Morgan fingerprint density at radius 2 is 1.74 bits per heavy atom. The van der Waals surface area contributed by atoms with Gasteiger partial charge in [0.25, 0.3) is 11.1 Å². The van der Waals surface area contributed by atoms with Gasteiger partial charge in [-0.05, 0) is 46.7 Å². The molecular formula is C24H29N3O3S. The minimum absolute atomic E-state index is 0.0982. The van der Waals surface area contributed by atoms with Crippen LogP contribution in [0.2, 0.25) is 0 Å². The average Bonchev–Trinajstić information content (AvgIpc) is 3.19. The molecule has 0 radical (unpaired) electrons. The van der Waals surface area contributed by atoms with Crippen LogP contribution in [0.15, 0.2) is 58.2 Å². The fourth-order valence-electron chi connectivity index (χ4n) is 2.83. The van der Waals surface area contributed by atoms with E-state index >= 15 is 0 Å². The molecule has 0 bridgehead atoms. The van der Waals surface area contributed by atoms with E-state index in [-0.39, 0.29) is 23.7 Å². The summed E-state index contributed by atoms with van der Waals surface area (Å²) in [5.41, 5.74) is 3.34. The molecule has 0 aliphatic carbocycles. The summed E-state index contributed by atoms with van der Waals surface area (Å²) < 4.78 is 11.3. The SMILES string of the molecule is CC(C)c1ccc(NC(=O)CSc2nnc(COc3ccc(C(C)(C)C)cc3)o2)cc1. The number of nitrogens with one attached hydrogen (secondary N) is 1. The average molecular weight is 440 g/mol. The number of hydrogen-bond donors (Lipinski definition) is 1. The van der Waals surface area contributed by atoms with Gasteiger partial charge in [-0.25, -0.2) is 0 Å². The molecule has 164 valence electrons. The standard InChI is InChI=1S/C24H29N3O3S/c1-16(2)17-6-10-19(11-7-17)25-21(28)15-31-23-27-26-22(30-23)14-29-20-12-8-18(9-13-20)24(3,4)5/h6-13,16H,14-15H2,1-5H3,(H,25,28). The van der Waals surface area contributed by atoms with E-state index in [2.05, 4.69) is 62.3 Å². The molecule has 3 aromatic rings. The molecule has 0 unspecified atom stereocenters. The second-order valence-corrected chi connectivity index (χ2v) is 9.56. The highest BCUT2D eigenvalue weighted by Crippen LogP contribution is 2.25. The van der Waals surface area contributed by atoms with Crippen molar-refractivity contribution in [2.45, 2.75) is 57.8 Å². The highest BCUT2D eigenvalue weighted by Gasteiger charge is 2.14. The van der Waals surface area contributed by atoms with E-state index in [1.54, 1.807) is 0 Å². The summed E-state index contributed by atoms with van der Waals surface area (Å²) in [5, 5.41) is 11.2. The Labute approximate surface area is 187 Å². The van der Waals surface area contributed by atoms with Crippen molar-refractivity contribution >= 4 is 23.4 Å². The zero-order valence-electron chi connectivity index (χ0n) is 18.6. The van der Waals surface area contributed by atoms with E-state index in [4.69, 9.17) is 9.15 Å². The molecule has 0 aliphatic heterocycles. The summed E-state index contributed by atoms with van der Waals surface area (Å²) in [4.78, 5) is 12.2. The monoisotopic (exact) mass is 439 g/mol. The first-order valence-electron chi connectivity index (χ1n) is 10.3. The smallest absolute Gasteiger partial charge is 0.277 e. The van der Waals surface area contributed by atoms with Gasteiger partial charge in [0.2, 0.25) is 5.91 Å². The third-order valence-corrected chi connectivity index (χ3v) is 5.54. The number of aromatic nitrogens is 2. The Kier molecular flexibility index (Phi) is 7.38. The van der Waals surface area contributed by atoms with Crippen LogP contribution in [-0.2, 0) is 16.8 Å². The molecule has 3 rings (SSSR count). The van der Waals surface area contributed by atoms with Crippen molar-refractivity contribution in [2.24, 2.45) is 0 Å². The highest BCUT2D eigenvalue weighted by molar-refractivity contribution is 7.99. The Morgan fingerprint density at radius 3 is 2.35 bits per heavy atom.